The molecule has 1 aromatic heterocycles. The molecule has 0 aliphatic carbocycles. The highest BCUT2D eigenvalue weighted by atomic mass is 19.4. The highest BCUT2D eigenvalue weighted by Gasteiger charge is 2.34. The van der Waals surface area contributed by atoms with Crippen LogP contribution in [0.5, 0.6) is 0 Å². The number of benzene rings is 2. The summed E-state index contributed by atoms with van der Waals surface area (Å²) < 4.78 is 41.4. The van der Waals surface area contributed by atoms with Crippen LogP contribution in [0.2, 0.25) is 0 Å². The average molecular weight is 525 g/mol. The number of carbonyl (C=O) groups is 1. The Bertz CT molecular complexity index is 1280. The molecule has 38 heavy (non-hydrogen) atoms. The molecule has 1 saturated heterocycles. The quantitative estimate of drug-likeness (QED) is 0.372. The molecular weight excluding hydrogens is 493 g/mol. The van der Waals surface area contributed by atoms with E-state index in [2.05, 4.69) is 15.2 Å². The second-order valence-corrected chi connectivity index (χ2v) is 9.54. The molecule has 1 aliphatic heterocycles. The molecule has 1 amide bonds. The molecule has 0 spiro atoms. The number of nitrogen functional groups attached to an aromatic ring is 1. The number of halogens is 3. The molecule has 200 valence electrons. The normalized spacial score (nSPS) is 14.8. The van der Waals surface area contributed by atoms with Gasteiger partial charge in [0.05, 0.1) is 5.56 Å². The Kier molecular flexibility index (Phi) is 8.43. The van der Waals surface area contributed by atoms with E-state index in [1.807, 2.05) is 36.2 Å². The average Bonchev–Trinajstić information content (AvgIpc) is 2.89. The van der Waals surface area contributed by atoms with Crippen LogP contribution in [-0.2, 0) is 23.9 Å². The van der Waals surface area contributed by atoms with Crippen molar-refractivity contribution < 1.29 is 18.0 Å². The molecule has 1 aliphatic rings. The number of rotatable bonds is 8. The predicted molar refractivity (Wildman–Crippen MR) is 143 cm³/mol. The molecule has 0 atom stereocenters. The van der Waals surface area contributed by atoms with Gasteiger partial charge in [-0.15, -0.1) is 0 Å². The molecule has 0 bridgehead atoms. The Balaban J connectivity index is 1.36. The topological polar surface area (TPSA) is 98.3 Å². The van der Waals surface area contributed by atoms with Crippen molar-refractivity contribution in [3.8, 4) is 11.1 Å². The number of nitrogens with one attached hydrogen (secondary N) is 2. The van der Waals surface area contributed by atoms with Gasteiger partial charge in [0.2, 0.25) is 5.91 Å². The van der Waals surface area contributed by atoms with Crippen molar-refractivity contribution in [1.82, 2.24) is 14.8 Å². The first-order chi connectivity index (χ1) is 18.1. The first kappa shape index (κ1) is 27.3. The summed E-state index contributed by atoms with van der Waals surface area (Å²) in [6.45, 7) is 3.30. The number of amides is 1. The van der Waals surface area contributed by atoms with Crippen molar-refractivity contribution >= 4 is 23.6 Å². The van der Waals surface area contributed by atoms with E-state index in [0.717, 1.165) is 55.2 Å². The fourth-order valence-electron chi connectivity index (χ4n) is 4.41. The standard InChI is InChI=1S/C28H31F3N6O/c1-36-10-12-37(13-11-36)18-21-7-8-24(15-25(21)28(29,30)31)35-26(38)9-4-19-2-5-20(6-3-19)23-14-22(16-32)27(33)34-17-23/h2-3,5-8,14-17,32H,4,9-13,18H2,1H3,(H2,33,34)(H,35,38). The summed E-state index contributed by atoms with van der Waals surface area (Å²) >= 11 is 0. The predicted octanol–water partition coefficient (Wildman–Crippen LogP) is 4.67. The van der Waals surface area contributed by atoms with Gasteiger partial charge in [0.25, 0.3) is 0 Å². The van der Waals surface area contributed by atoms with E-state index in [-0.39, 0.29) is 30.1 Å². The lowest BCUT2D eigenvalue weighted by atomic mass is 10.0. The van der Waals surface area contributed by atoms with Crippen molar-refractivity contribution in [3.63, 3.8) is 0 Å². The van der Waals surface area contributed by atoms with Crippen LogP contribution < -0.4 is 11.1 Å². The lowest BCUT2D eigenvalue weighted by Gasteiger charge is -2.33. The van der Waals surface area contributed by atoms with Crippen molar-refractivity contribution in [2.24, 2.45) is 0 Å². The van der Waals surface area contributed by atoms with Crippen molar-refractivity contribution in [2.45, 2.75) is 25.6 Å². The molecule has 4 N–H and O–H groups in total. The smallest absolute Gasteiger partial charge is 0.383 e. The van der Waals surface area contributed by atoms with E-state index >= 15 is 0 Å². The van der Waals surface area contributed by atoms with Gasteiger partial charge in [-0.1, -0.05) is 30.3 Å². The molecule has 3 aromatic rings. The molecular formula is C28H31F3N6O. The number of hydrogen-bond acceptors (Lipinski definition) is 6. The SMILES string of the molecule is CN1CCN(Cc2ccc(NC(=O)CCc3ccc(-c4cnc(N)c(C=N)c4)cc3)cc2C(F)(F)F)CC1. The summed E-state index contributed by atoms with van der Waals surface area (Å²) in [6.07, 6.45) is -1.16. The van der Waals surface area contributed by atoms with Crippen molar-refractivity contribution in [1.29, 1.82) is 5.41 Å². The third kappa shape index (κ3) is 6.96. The maximum absolute atomic E-state index is 13.8. The van der Waals surface area contributed by atoms with Crippen LogP contribution in [-0.4, -0.2) is 60.1 Å². The van der Waals surface area contributed by atoms with Crippen LogP contribution in [0, 0.1) is 5.41 Å². The van der Waals surface area contributed by atoms with Crippen LogP contribution in [0.3, 0.4) is 0 Å². The number of hydrogen-bond donors (Lipinski definition) is 3. The summed E-state index contributed by atoms with van der Waals surface area (Å²) in [6, 6.07) is 13.4. The first-order valence-corrected chi connectivity index (χ1v) is 12.4. The molecule has 7 nitrogen and oxygen atoms in total. The zero-order valence-electron chi connectivity index (χ0n) is 21.2. The molecule has 2 aromatic carbocycles. The van der Waals surface area contributed by atoms with E-state index in [1.54, 1.807) is 12.3 Å². The van der Waals surface area contributed by atoms with Gasteiger partial charge in [0, 0.05) is 68.4 Å². The lowest BCUT2D eigenvalue weighted by molar-refractivity contribution is -0.138. The number of likely N-dealkylation sites (N-methyl/N-ethyl adjacent to an activating group) is 1. The van der Waals surface area contributed by atoms with Gasteiger partial charge in [-0.25, -0.2) is 4.98 Å². The summed E-state index contributed by atoms with van der Waals surface area (Å²) in [5.41, 5.74) is 8.54. The number of alkyl halides is 3. The number of pyridine rings is 1. The van der Waals surface area contributed by atoms with Crippen LogP contribution in [0.25, 0.3) is 11.1 Å². The fourth-order valence-corrected chi connectivity index (χ4v) is 4.41. The van der Waals surface area contributed by atoms with Gasteiger partial charge in [0.15, 0.2) is 0 Å². The van der Waals surface area contributed by atoms with E-state index < -0.39 is 11.7 Å². The third-order valence-corrected chi connectivity index (χ3v) is 6.72. The van der Waals surface area contributed by atoms with Gasteiger partial charge in [-0.3, -0.25) is 9.69 Å². The molecule has 0 saturated carbocycles. The van der Waals surface area contributed by atoms with E-state index in [9.17, 15) is 18.0 Å². The van der Waals surface area contributed by atoms with Gasteiger partial charge in [0.1, 0.15) is 5.82 Å². The molecule has 2 heterocycles. The Morgan fingerprint density at radius 3 is 2.45 bits per heavy atom. The highest BCUT2D eigenvalue weighted by molar-refractivity contribution is 5.91. The van der Waals surface area contributed by atoms with Crippen LogP contribution in [0.4, 0.5) is 24.7 Å². The van der Waals surface area contributed by atoms with Crippen molar-refractivity contribution in [2.75, 3.05) is 44.3 Å². The zero-order valence-corrected chi connectivity index (χ0v) is 21.2. The van der Waals surface area contributed by atoms with Gasteiger partial charge < -0.3 is 21.4 Å². The largest absolute Gasteiger partial charge is 0.416 e. The lowest BCUT2D eigenvalue weighted by Crippen LogP contribution is -2.44. The van der Waals surface area contributed by atoms with Crippen LogP contribution >= 0.6 is 0 Å². The maximum atomic E-state index is 13.8. The minimum Gasteiger partial charge on any atom is -0.383 e. The Hall–Kier alpha value is -3.76. The minimum absolute atomic E-state index is 0.130. The third-order valence-electron chi connectivity index (χ3n) is 6.72. The second kappa shape index (κ2) is 11.7. The minimum atomic E-state index is -4.51. The first-order valence-electron chi connectivity index (χ1n) is 12.4. The summed E-state index contributed by atoms with van der Waals surface area (Å²) in [7, 11) is 2.00. The van der Waals surface area contributed by atoms with E-state index in [1.165, 1.54) is 12.1 Å². The highest BCUT2D eigenvalue weighted by Crippen LogP contribution is 2.34. The van der Waals surface area contributed by atoms with E-state index in [4.69, 9.17) is 11.1 Å². The number of piperazine rings is 1. The number of carbonyl (C=O) groups excluding carboxylic acids is 1. The molecule has 4 rings (SSSR count). The molecule has 1 fully saturated rings. The Labute approximate surface area is 220 Å². The van der Waals surface area contributed by atoms with Crippen molar-refractivity contribution in [3.05, 3.63) is 77.0 Å². The monoisotopic (exact) mass is 524 g/mol. The zero-order chi connectivity index (χ0) is 27.3. The number of aryl methyl sites for hydroxylation is 1. The number of nitrogens with zero attached hydrogens (tertiary/aromatic N) is 3. The van der Waals surface area contributed by atoms with Crippen LogP contribution in [0.15, 0.2) is 54.7 Å². The number of nitrogens with two attached hydrogens (primary N) is 1. The second-order valence-electron chi connectivity index (χ2n) is 9.54. The van der Waals surface area contributed by atoms with E-state index in [0.29, 0.717) is 17.8 Å². The van der Waals surface area contributed by atoms with Gasteiger partial charge >= 0.3 is 6.18 Å². The van der Waals surface area contributed by atoms with Crippen LogP contribution in [0.1, 0.15) is 28.7 Å². The number of anilines is 2. The van der Waals surface area contributed by atoms with Gasteiger partial charge in [-0.2, -0.15) is 13.2 Å². The summed E-state index contributed by atoms with van der Waals surface area (Å²) in [5, 5.41) is 10.0. The Morgan fingerprint density at radius 2 is 1.79 bits per heavy atom. The van der Waals surface area contributed by atoms with Gasteiger partial charge in [-0.05, 0) is 48.4 Å². The Morgan fingerprint density at radius 1 is 1.08 bits per heavy atom. The number of aromatic nitrogens is 1. The molecule has 0 radical (unpaired) electrons. The fraction of sp³-hybridized carbons (Fsp3) is 0.321. The maximum Gasteiger partial charge on any atom is 0.416 e. The summed E-state index contributed by atoms with van der Waals surface area (Å²) in [4.78, 5) is 20.8. The molecule has 0 unspecified atom stereocenters. The molecule has 10 heteroatoms. The summed E-state index contributed by atoms with van der Waals surface area (Å²) in [5.74, 6) is -0.0641.